The molecule has 0 spiro atoms. The van der Waals surface area contributed by atoms with E-state index in [9.17, 15) is 4.79 Å². The number of likely N-dealkylation sites (tertiary alicyclic amines) is 1. The molecule has 1 fully saturated rings. The average molecular weight is 410 g/mol. The molecule has 0 atom stereocenters. The van der Waals surface area contributed by atoms with Crippen LogP contribution in [0.25, 0.3) is 10.9 Å². The number of benzene rings is 2. The molecule has 0 radical (unpaired) electrons. The Bertz CT molecular complexity index is 1020. The number of nitrogens with one attached hydrogen (secondary N) is 1. The molecule has 3 aromatic rings. The van der Waals surface area contributed by atoms with Gasteiger partial charge in [-0.3, -0.25) is 9.69 Å². The zero-order valence-electron chi connectivity index (χ0n) is 16.4. The van der Waals surface area contributed by atoms with Gasteiger partial charge >= 0.3 is 0 Å². The van der Waals surface area contributed by atoms with Crippen molar-refractivity contribution < 1.29 is 9.53 Å². The van der Waals surface area contributed by atoms with E-state index in [4.69, 9.17) is 16.3 Å². The Labute approximate surface area is 175 Å². The lowest BCUT2D eigenvalue weighted by molar-refractivity contribution is 0.0909. The van der Waals surface area contributed by atoms with E-state index >= 15 is 0 Å². The summed E-state index contributed by atoms with van der Waals surface area (Å²) in [5.41, 5.74) is 2.69. The first-order valence-corrected chi connectivity index (χ1v) is 10.2. The highest BCUT2D eigenvalue weighted by atomic mass is 35.5. The Kier molecular flexibility index (Phi) is 5.97. The largest absolute Gasteiger partial charge is 0.497 e. The minimum atomic E-state index is -0.0342. The molecule has 6 heteroatoms. The summed E-state index contributed by atoms with van der Waals surface area (Å²) in [7, 11) is 1.69. The summed E-state index contributed by atoms with van der Waals surface area (Å²) in [5, 5.41) is 4.55. The van der Waals surface area contributed by atoms with Crippen LogP contribution in [0.15, 0.2) is 54.6 Å². The zero-order chi connectivity index (χ0) is 20.2. The van der Waals surface area contributed by atoms with E-state index in [2.05, 4.69) is 27.3 Å². The van der Waals surface area contributed by atoms with Gasteiger partial charge < -0.3 is 10.1 Å². The molecule has 0 unspecified atom stereocenters. The molecule has 29 heavy (non-hydrogen) atoms. The Morgan fingerprint density at radius 2 is 2.00 bits per heavy atom. The third kappa shape index (κ3) is 4.86. The van der Waals surface area contributed by atoms with Crippen LogP contribution in [0, 0.1) is 0 Å². The molecule has 0 saturated carbocycles. The second-order valence-corrected chi connectivity index (χ2v) is 7.80. The smallest absolute Gasteiger partial charge is 0.251 e. The molecule has 0 bridgehead atoms. The van der Waals surface area contributed by atoms with E-state index in [0.717, 1.165) is 49.1 Å². The van der Waals surface area contributed by atoms with Crippen molar-refractivity contribution in [2.24, 2.45) is 0 Å². The number of piperidine rings is 1. The predicted molar refractivity (Wildman–Crippen MR) is 116 cm³/mol. The number of pyridine rings is 1. The van der Waals surface area contributed by atoms with Crippen molar-refractivity contribution in [3.8, 4) is 5.75 Å². The average Bonchev–Trinajstić information content (AvgIpc) is 2.75. The number of halogens is 1. The first kappa shape index (κ1) is 19.7. The highest BCUT2D eigenvalue weighted by Gasteiger charge is 2.21. The maximum atomic E-state index is 12.7. The molecule has 1 aliphatic heterocycles. The van der Waals surface area contributed by atoms with Gasteiger partial charge in [0.05, 0.1) is 12.6 Å². The summed E-state index contributed by atoms with van der Waals surface area (Å²) in [4.78, 5) is 19.4. The van der Waals surface area contributed by atoms with Crippen LogP contribution >= 0.6 is 11.6 Å². The molecule has 1 aromatic heterocycles. The summed E-state index contributed by atoms with van der Waals surface area (Å²) < 4.78 is 5.30. The van der Waals surface area contributed by atoms with E-state index in [1.165, 1.54) is 5.56 Å². The number of methoxy groups -OCH3 is 1. The van der Waals surface area contributed by atoms with Crippen LogP contribution in [0.1, 0.15) is 28.8 Å². The molecule has 1 N–H and O–H groups in total. The summed E-state index contributed by atoms with van der Waals surface area (Å²) in [6.07, 6.45) is 1.89. The van der Waals surface area contributed by atoms with Crippen LogP contribution in [-0.4, -0.2) is 42.0 Å². The molecule has 2 heterocycles. The van der Waals surface area contributed by atoms with Crippen LogP contribution in [-0.2, 0) is 6.54 Å². The Hall–Kier alpha value is -2.63. The lowest BCUT2D eigenvalue weighted by Crippen LogP contribution is -2.44. The number of hydrogen-bond donors (Lipinski definition) is 1. The number of amides is 1. The van der Waals surface area contributed by atoms with Crippen LogP contribution in [0.4, 0.5) is 0 Å². The first-order valence-electron chi connectivity index (χ1n) is 9.83. The fourth-order valence-corrected chi connectivity index (χ4v) is 3.93. The summed E-state index contributed by atoms with van der Waals surface area (Å²) in [6, 6.07) is 17.5. The minimum Gasteiger partial charge on any atom is -0.497 e. The van der Waals surface area contributed by atoms with Crippen LogP contribution in [0.3, 0.4) is 0 Å². The zero-order valence-corrected chi connectivity index (χ0v) is 17.2. The van der Waals surface area contributed by atoms with Crippen LogP contribution in [0.5, 0.6) is 5.75 Å². The Balaban J connectivity index is 1.32. The van der Waals surface area contributed by atoms with Crippen molar-refractivity contribution in [2.75, 3.05) is 20.2 Å². The van der Waals surface area contributed by atoms with Gasteiger partial charge in [0.1, 0.15) is 10.9 Å². The second-order valence-electron chi connectivity index (χ2n) is 7.42. The lowest BCUT2D eigenvalue weighted by atomic mass is 10.0. The van der Waals surface area contributed by atoms with Crippen molar-refractivity contribution in [2.45, 2.75) is 25.4 Å². The van der Waals surface area contributed by atoms with E-state index in [1.807, 2.05) is 30.3 Å². The molecular formula is C23H24ClN3O2. The topological polar surface area (TPSA) is 54.5 Å². The molecule has 1 amide bonds. The van der Waals surface area contributed by atoms with Gasteiger partial charge in [-0.25, -0.2) is 4.98 Å². The van der Waals surface area contributed by atoms with Gasteiger partial charge in [0, 0.05) is 36.6 Å². The number of carbonyl (C=O) groups excluding carboxylic acids is 1. The summed E-state index contributed by atoms with van der Waals surface area (Å²) >= 11 is 5.93. The van der Waals surface area contributed by atoms with Gasteiger partial charge in [0.15, 0.2) is 0 Å². The molecule has 150 valence electrons. The van der Waals surface area contributed by atoms with Crippen molar-refractivity contribution in [3.63, 3.8) is 0 Å². The number of rotatable bonds is 5. The monoisotopic (exact) mass is 409 g/mol. The number of fused-ring (bicyclic) bond motifs is 1. The Morgan fingerprint density at radius 1 is 1.17 bits per heavy atom. The third-order valence-corrected chi connectivity index (χ3v) is 5.59. The second kappa shape index (κ2) is 8.80. The normalized spacial score (nSPS) is 15.4. The van der Waals surface area contributed by atoms with E-state index in [0.29, 0.717) is 10.7 Å². The lowest BCUT2D eigenvalue weighted by Gasteiger charge is -2.32. The standard InChI is InChI=1S/C23H24ClN3O2/c1-29-20-4-2-3-16(13-20)15-27-11-9-19(10-12-27)25-23(28)18-5-7-21-17(14-18)6-8-22(24)26-21/h2-8,13-14,19H,9-12,15H2,1H3,(H,25,28). The van der Waals surface area contributed by atoms with E-state index < -0.39 is 0 Å². The molecule has 4 rings (SSSR count). The number of aromatic nitrogens is 1. The van der Waals surface area contributed by atoms with Crippen molar-refractivity contribution in [3.05, 3.63) is 70.9 Å². The fraction of sp³-hybridized carbons (Fsp3) is 0.304. The summed E-state index contributed by atoms with van der Waals surface area (Å²) in [5.74, 6) is 0.852. The van der Waals surface area contributed by atoms with Crippen molar-refractivity contribution in [1.29, 1.82) is 0 Å². The van der Waals surface area contributed by atoms with Gasteiger partial charge in [0.25, 0.3) is 5.91 Å². The SMILES string of the molecule is COc1cccc(CN2CCC(NC(=O)c3ccc4nc(Cl)ccc4c3)CC2)c1. The summed E-state index contributed by atoms with van der Waals surface area (Å²) in [6.45, 7) is 2.82. The van der Waals surface area contributed by atoms with Gasteiger partial charge in [0.2, 0.25) is 0 Å². The number of nitrogens with zero attached hydrogens (tertiary/aromatic N) is 2. The van der Waals surface area contributed by atoms with Crippen molar-refractivity contribution >= 4 is 28.4 Å². The minimum absolute atomic E-state index is 0.0342. The maximum absolute atomic E-state index is 12.7. The van der Waals surface area contributed by atoms with Gasteiger partial charge in [-0.1, -0.05) is 23.7 Å². The number of ether oxygens (including phenoxy) is 1. The van der Waals surface area contributed by atoms with Gasteiger partial charge in [-0.2, -0.15) is 0 Å². The number of carbonyl (C=O) groups is 1. The van der Waals surface area contributed by atoms with E-state index in [1.54, 1.807) is 19.2 Å². The van der Waals surface area contributed by atoms with E-state index in [-0.39, 0.29) is 11.9 Å². The molecular weight excluding hydrogens is 386 g/mol. The van der Waals surface area contributed by atoms with Gasteiger partial charge in [-0.05, 0) is 60.9 Å². The fourth-order valence-electron chi connectivity index (χ4n) is 3.78. The predicted octanol–water partition coefficient (Wildman–Crippen LogP) is 4.29. The first-order chi connectivity index (χ1) is 14.1. The molecule has 5 nitrogen and oxygen atoms in total. The van der Waals surface area contributed by atoms with Crippen LogP contribution < -0.4 is 10.1 Å². The third-order valence-electron chi connectivity index (χ3n) is 5.38. The maximum Gasteiger partial charge on any atom is 0.251 e. The quantitative estimate of drug-likeness (QED) is 0.638. The number of hydrogen-bond acceptors (Lipinski definition) is 4. The van der Waals surface area contributed by atoms with Crippen LogP contribution in [0.2, 0.25) is 5.15 Å². The van der Waals surface area contributed by atoms with Gasteiger partial charge in [-0.15, -0.1) is 0 Å². The Morgan fingerprint density at radius 3 is 2.79 bits per heavy atom. The van der Waals surface area contributed by atoms with Crippen molar-refractivity contribution in [1.82, 2.24) is 15.2 Å². The molecule has 0 aliphatic carbocycles. The highest BCUT2D eigenvalue weighted by Crippen LogP contribution is 2.19. The highest BCUT2D eigenvalue weighted by molar-refractivity contribution is 6.29. The molecule has 2 aromatic carbocycles. The molecule has 1 aliphatic rings. The molecule has 1 saturated heterocycles.